The fraction of sp³-hybridized carbons (Fsp3) is 0. The molecule has 0 aliphatic heterocycles. The van der Waals surface area contributed by atoms with Gasteiger partial charge in [0.05, 0.1) is 6.57 Å². The first-order valence-corrected chi connectivity index (χ1v) is 3.28. The number of nitrogen functional groups attached to an aromatic ring is 1. The molecule has 4 nitrogen and oxygen atoms in total. The molecule has 0 bridgehead atoms. The van der Waals surface area contributed by atoms with Crippen LogP contribution in [0.4, 0.5) is 11.4 Å². The van der Waals surface area contributed by atoms with E-state index in [2.05, 4.69) is 4.85 Å². The molecule has 0 heterocycles. The Labute approximate surface area is 82.4 Å². The Kier molecular flexibility index (Phi) is 4.28. The highest BCUT2D eigenvalue weighted by Crippen LogP contribution is 2.13. The Balaban J connectivity index is 0.00000144. The standard InChI is InChI=1S/C7H7BN2O2.ClH/c1-10-5-2-3-6(8(11)12)7(9)4-5;/h2-4,11-12H,9H2;1H. The number of hydrogen-bond acceptors (Lipinski definition) is 3. The topological polar surface area (TPSA) is 70.8 Å². The molecular formula is C7H8BClN2O2. The summed E-state index contributed by atoms with van der Waals surface area (Å²) in [6.07, 6.45) is 0. The van der Waals surface area contributed by atoms with Gasteiger partial charge in [-0.25, -0.2) is 4.85 Å². The van der Waals surface area contributed by atoms with Crippen LogP contribution in [0.3, 0.4) is 0 Å². The average molecular weight is 198 g/mol. The van der Waals surface area contributed by atoms with Crippen LogP contribution >= 0.6 is 12.4 Å². The van der Waals surface area contributed by atoms with E-state index in [0.29, 0.717) is 5.69 Å². The molecule has 1 aromatic rings. The maximum absolute atomic E-state index is 8.77. The Bertz CT molecular complexity index is 338. The van der Waals surface area contributed by atoms with Gasteiger partial charge in [-0.1, -0.05) is 12.1 Å². The molecular weight excluding hydrogens is 190 g/mol. The number of nitrogens with zero attached hydrogens (tertiary/aromatic N) is 1. The van der Waals surface area contributed by atoms with Crippen molar-refractivity contribution in [1.82, 2.24) is 0 Å². The second-order valence-electron chi connectivity index (χ2n) is 2.30. The Morgan fingerprint density at radius 2 is 2.00 bits per heavy atom. The first kappa shape index (κ1) is 11.8. The molecule has 0 radical (unpaired) electrons. The highest BCUT2D eigenvalue weighted by atomic mass is 35.5. The molecule has 4 N–H and O–H groups in total. The lowest BCUT2D eigenvalue weighted by molar-refractivity contribution is 0.426. The minimum Gasteiger partial charge on any atom is -0.423 e. The second kappa shape index (κ2) is 4.72. The molecule has 0 aromatic heterocycles. The van der Waals surface area contributed by atoms with Crippen molar-refractivity contribution in [3.05, 3.63) is 29.6 Å². The fourth-order valence-electron chi connectivity index (χ4n) is 0.867. The highest BCUT2D eigenvalue weighted by molar-refractivity contribution is 6.60. The molecule has 13 heavy (non-hydrogen) atoms. The van der Waals surface area contributed by atoms with Crippen LogP contribution in [-0.2, 0) is 0 Å². The van der Waals surface area contributed by atoms with E-state index in [-0.39, 0.29) is 23.6 Å². The number of hydrogen-bond donors (Lipinski definition) is 3. The van der Waals surface area contributed by atoms with Gasteiger partial charge < -0.3 is 15.8 Å². The summed E-state index contributed by atoms with van der Waals surface area (Å²) in [6.45, 7) is 6.66. The smallest absolute Gasteiger partial charge is 0.423 e. The predicted octanol–water partition coefficient (Wildman–Crippen LogP) is -0.0788. The minimum absolute atomic E-state index is 0. The summed E-state index contributed by atoms with van der Waals surface area (Å²) in [5.41, 5.74) is 6.27. The Morgan fingerprint density at radius 3 is 2.38 bits per heavy atom. The van der Waals surface area contributed by atoms with Crippen molar-refractivity contribution in [2.75, 3.05) is 5.73 Å². The number of halogens is 1. The van der Waals surface area contributed by atoms with Gasteiger partial charge in [0.15, 0.2) is 5.69 Å². The summed E-state index contributed by atoms with van der Waals surface area (Å²) >= 11 is 0. The van der Waals surface area contributed by atoms with E-state index < -0.39 is 7.12 Å². The largest absolute Gasteiger partial charge is 0.490 e. The molecule has 6 heteroatoms. The summed E-state index contributed by atoms with van der Waals surface area (Å²) in [7, 11) is -1.58. The Morgan fingerprint density at radius 1 is 1.38 bits per heavy atom. The third-order valence-electron chi connectivity index (χ3n) is 1.48. The second-order valence-corrected chi connectivity index (χ2v) is 2.30. The van der Waals surface area contributed by atoms with E-state index in [9.17, 15) is 0 Å². The molecule has 0 atom stereocenters. The van der Waals surface area contributed by atoms with E-state index in [1.165, 1.54) is 18.2 Å². The molecule has 0 saturated heterocycles. The highest BCUT2D eigenvalue weighted by Gasteiger charge is 2.13. The molecule has 1 rings (SSSR count). The van der Waals surface area contributed by atoms with Gasteiger partial charge in [-0.3, -0.25) is 0 Å². The van der Waals surface area contributed by atoms with Gasteiger partial charge in [0.1, 0.15) is 0 Å². The monoisotopic (exact) mass is 198 g/mol. The summed E-state index contributed by atoms with van der Waals surface area (Å²) in [6, 6.07) is 4.31. The van der Waals surface area contributed by atoms with E-state index in [1.54, 1.807) is 0 Å². The first-order valence-electron chi connectivity index (χ1n) is 3.28. The summed E-state index contributed by atoms with van der Waals surface area (Å²) in [5, 5.41) is 17.5. The van der Waals surface area contributed by atoms with Crippen molar-refractivity contribution in [2.24, 2.45) is 0 Å². The number of nitrogens with two attached hydrogens (primary N) is 1. The summed E-state index contributed by atoms with van der Waals surface area (Å²) in [4.78, 5) is 3.14. The number of benzene rings is 1. The Hall–Kier alpha value is -1.22. The van der Waals surface area contributed by atoms with E-state index >= 15 is 0 Å². The maximum atomic E-state index is 8.77. The van der Waals surface area contributed by atoms with Gasteiger partial charge in [0.2, 0.25) is 0 Å². The van der Waals surface area contributed by atoms with E-state index in [4.69, 9.17) is 22.4 Å². The lowest BCUT2D eigenvalue weighted by atomic mass is 9.79. The molecule has 0 spiro atoms. The third kappa shape index (κ3) is 2.63. The molecule has 0 fully saturated rings. The van der Waals surface area contributed by atoms with Crippen molar-refractivity contribution in [2.45, 2.75) is 0 Å². The fourth-order valence-corrected chi connectivity index (χ4v) is 0.867. The lowest BCUT2D eigenvalue weighted by Crippen LogP contribution is -2.31. The predicted molar refractivity (Wildman–Crippen MR) is 54.2 cm³/mol. The van der Waals surface area contributed by atoms with Crippen LogP contribution in [0.2, 0.25) is 0 Å². The molecule has 68 valence electrons. The minimum atomic E-state index is -1.58. The molecule has 0 aliphatic carbocycles. The van der Waals surface area contributed by atoms with Crippen LogP contribution in [0.25, 0.3) is 4.85 Å². The lowest BCUT2D eigenvalue weighted by Gasteiger charge is -2.03. The molecule has 1 aromatic carbocycles. The van der Waals surface area contributed by atoms with Crippen LogP contribution in [-0.4, -0.2) is 17.2 Å². The zero-order valence-electron chi connectivity index (χ0n) is 6.64. The van der Waals surface area contributed by atoms with Crippen molar-refractivity contribution in [3.63, 3.8) is 0 Å². The quantitative estimate of drug-likeness (QED) is 0.336. The van der Waals surface area contributed by atoms with Crippen LogP contribution in [0.15, 0.2) is 18.2 Å². The van der Waals surface area contributed by atoms with Crippen molar-refractivity contribution >= 4 is 36.4 Å². The maximum Gasteiger partial charge on any atom is 0.490 e. The average Bonchev–Trinajstić information content (AvgIpc) is 2.03. The van der Waals surface area contributed by atoms with E-state index in [0.717, 1.165) is 0 Å². The zero-order valence-corrected chi connectivity index (χ0v) is 7.45. The van der Waals surface area contributed by atoms with Crippen molar-refractivity contribution in [3.8, 4) is 0 Å². The van der Waals surface area contributed by atoms with Gasteiger partial charge in [0.25, 0.3) is 0 Å². The SMILES string of the molecule is Cl.[C-]#[N+]c1ccc(B(O)O)c(N)c1. The van der Waals surface area contributed by atoms with Gasteiger partial charge >= 0.3 is 7.12 Å². The summed E-state index contributed by atoms with van der Waals surface area (Å²) in [5.74, 6) is 0. The van der Waals surface area contributed by atoms with Gasteiger partial charge in [0, 0.05) is 11.2 Å². The van der Waals surface area contributed by atoms with Crippen LogP contribution in [0.5, 0.6) is 0 Å². The van der Waals surface area contributed by atoms with Crippen molar-refractivity contribution in [1.29, 1.82) is 0 Å². The van der Waals surface area contributed by atoms with Crippen LogP contribution in [0, 0.1) is 6.57 Å². The number of rotatable bonds is 1. The molecule has 0 aliphatic rings. The summed E-state index contributed by atoms with van der Waals surface area (Å²) < 4.78 is 0. The molecule has 0 amide bonds. The molecule has 0 unspecified atom stereocenters. The zero-order chi connectivity index (χ0) is 9.14. The third-order valence-corrected chi connectivity index (χ3v) is 1.48. The van der Waals surface area contributed by atoms with Crippen molar-refractivity contribution < 1.29 is 10.0 Å². The van der Waals surface area contributed by atoms with Gasteiger partial charge in [-0.05, 0) is 6.07 Å². The first-order chi connectivity index (χ1) is 5.65. The molecule has 0 saturated carbocycles. The van der Waals surface area contributed by atoms with Crippen LogP contribution in [0.1, 0.15) is 0 Å². The van der Waals surface area contributed by atoms with Gasteiger partial charge in [-0.2, -0.15) is 0 Å². The van der Waals surface area contributed by atoms with Crippen LogP contribution < -0.4 is 11.2 Å². The number of anilines is 1. The van der Waals surface area contributed by atoms with E-state index in [1.807, 2.05) is 0 Å². The van der Waals surface area contributed by atoms with Gasteiger partial charge in [-0.15, -0.1) is 12.4 Å². The normalized spacial score (nSPS) is 8.38.